The summed E-state index contributed by atoms with van der Waals surface area (Å²) in [5.74, 6) is -1.33. The first-order chi connectivity index (χ1) is 12.0. The van der Waals surface area contributed by atoms with Gasteiger partial charge in [-0.3, -0.25) is 24.5 Å². The molecule has 1 aliphatic heterocycles. The summed E-state index contributed by atoms with van der Waals surface area (Å²) in [5, 5.41) is 4.85. The highest BCUT2D eigenvalue weighted by Crippen LogP contribution is 2.21. The maximum absolute atomic E-state index is 12.3. The van der Waals surface area contributed by atoms with Gasteiger partial charge in [0.25, 0.3) is 17.7 Å². The molecule has 2 N–H and O–H groups in total. The molecule has 1 heterocycles. The van der Waals surface area contributed by atoms with E-state index in [0.717, 1.165) is 0 Å². The van der Waals surface area contributed by atoms with E-state index in [4.69, 9.17) is 4.74 Å². The molecule has 2 aromatic carbocycles. The zero-order valence-corrected chi connectivity index (χ0v) is 13.3. The van der Waals surface area contributed by atoms with Crippen LogP contribution in [0.2, 0.25) is 0 Å². The fourth-order valence-corrected chi connectivity index (χ4v) is 2.33. The van der Waals surface area contributed by atoms with Crippen LogP contribution in [0.3, 0.4) is 0 Å². The number of carbonyl (C=O) groups excluding carboxylic acids is 4. The fourth-order valence-electron chi connectivity index (χ4n) is 2.33. The van der Waals surface area contributed by atoms with E-state index in [9.17, 15) is 19.2 Å². The topological polar surface area (TPSA) is 102 Å². The normalized spacial score (nSPS) is 12.4. The Kier molecular flexibility index (Phi) is 4.30. The number of hydrogen-bond donors (Lipinski definition) is 2. The van der Waals surface area contributed by atoms with Gasteiger partial charge in [0.1, 0.15) is 5.75 Å². The van der Waals surface area contributed by atoms with Crippen molar-refractivity contribution in [2.24, 2.45) is 0 Å². The Morgan fingerprint density at radius 1 is 1.00 bits per heavy atom. The molecule has 0 spiro atoms. The Bertz CT molecular complexity index is 887. The first-order valence-corrected chi connectivity index (χ1v) is 7.59. The Morgan fingerprint density at radius 2 is 1.68 bits per heavy atom. The summed E-state index contributed by atoms with van der Waals surface area (Å²) in [5.41, 5.74) is 1.27. The Morgan fingerprint density at radius 3 is 2.36 bits per heavy atom. The van der Waals surface area contributed by atoms with E-state index in [-0.39, 0.29) is 23.5 Å². The van der Waals surface area contributed by atoms with Crippen molar-refractivity contribution in [2.75, 3.05) is 5.32 Å². The number of anilines is 1. The van der Waals surface area contributed by atoms with Gasteiger partial charge < -0.3 is 10.1 Å². The highest BCUT2D eigenvalue weighted by molar-refractivity contribution is 6.22. The molecule has 0 bridgehead atoms. The second-order valence-corrected chi connectivity index (χ2v) is 5.35. The predicted octanol–water partition coefficient (Wildman–Crippen LogP) is 2.14. The first kappa shape index (κ1) is 16.4. The van der Waals surface area contributed by atoms with Crippen molar-refractivity contribution in [3.63, 3.8) is 0 Å². The molecule has 0 fully saturated rings. The fraction of sp³-hybridized carbons (Fsp3) is 0.111. The molecule has 0 saturated heterocycles. The molecule has 1 aliphatic rings. The predicted molar refractivity (Wildman–Crippen MR) is 88.6 cm³/mol. The number of fused-ring (bicyclic) bond motifs is 1. The summed E-state index contributed by atoms with van der Waals surface area (Å²) in [7, 11) is 0. The Labute approximate surface area is 143 Å². The van der Waals surface area contributed by atoms with Gasteiger partial charge in [0.05, 0.1) is 11.1 Å². The standard InChI is InChI=1S/C18H14N2O5/c1-2-15(21)25-12-6-3-10(4-7-12)16(22)19-11-5-8-13-14(9-11)18(24)20-17(13)23/h3-9H,2H2,1H3,(H,19,22)(H,20,23,24). The first-order valence-electron chi connectivity index (χ1n) is 7.59. The van der Waals surface area contributed by atoms with Gasteiger partial charge in [-0.1, -0.05) is 6.92 Å². The third-order valence-corrected chi connectivity index (χ3v) is 3.63. The molecular weight excluding hydrogens is 324 g/mol. The lowest BCUT2D eigenvalue weighted by atomic mass is 10.1. The van der Waals surface area contributed by atoms with E-state index >= 15 is 0 Å². The number of benzene rings is 2. The third-order valence-electron chi connectivity index (χ3n) is 3.63. The molecule has 25 heavy (non-hydrogen) atoms. The molecule has 0 saturated carbocycles. The minimum absolute atomic E-state index is 0.227. The quantitative estimate of drug-likeness (QED) is 0.505. The molecule has 0 radical (unpaired) electrons. The summed E-state index contributed by atoms with van der Waals surface area (Å²) >= 11 is 0. The van der Waals surface area contributed by atoms with Crippen LogP contribution in [0.25, 0.3) is 0 Å². The van der Waals surface area contributed by atoms with Gasteiger partial charge in [-0.15, -0.1) is 0 Å². The van der Waals surface area contributed by atoms with Crippen LogP contribution in [0.5, 0.6) is 5.75 Å². The van der Waals surface area contributed by atoms with Crippen LogP contribution < -0.4 is 15.4 Å². The molecule has 0 aliphatic carbocycles. The van der Waals surface area contributed by atoms with E-state index in [1.807, 2.05) is 0 Å². The van der Waals surface area contributed by atoms with Gasteiger partial charge in [-0.05, 0) is 42.5 Å². The second-order valence-electron chi connectivity index (χ2n) is 5.35. The summed E-state index contributed by atoms with van der Waals surface area (Å²) in [6.45, 7) is 1.69. The molecule has 7 nitrogen and oxygen atoms in total. The minimum atomic E-state index is -0.488. The van der Waals surface area contributed by atoms with E-state index in [0.29, 0.717) is 17.0 Å². The molecule has 0 aromatic heterocycles. The van der Waals surface area contributed by atoms with Crippen molar-refractivity contribution in [2.45, 2.75) is 13.3 Å². The summed E-state index contributed by atoms with van der Waals surface area (Å²) < 4.78 is 5.04. The van der Waals surface area contributed by atoms with Gasteiger partial charge >= 0.3 is 5.97 Å². The Balaban J connectivity index is 1.72. The molecule has 7 heteroatoms. The average Bonchev–Trinajstić information content (AvgIpc) is 2.89. The maximum Gasteiger partial charge on any atom is 0.310 e. The summed E-state index contributed by atoms with van der Waals surface area (Å²) in [6, 6.07) is 10.6. The lowest BCUT2D eigenvalue weighted by molar-refractivity contribution is -0.134. The molecule has 0 unspecified atom stereocenters. The van der Waals surface area contributed by atoms with Crippen LogP contribution in [0, 0.1) is 0 Å². The van der Waals surface area contributed by atoms with E-state index < -0.39 is 17.7 Å². The molecule has 3 rings (SSSR count). The highest BCUT2D eigenvalue weighted by Gasteiger charge is 2.26. The van der Waals surface area contributed by atoms with Crippen LogP contribution in [0.1, 0.15) is 44.4 Å². The van der Waals surface area contributed by atoms with Crippen LogP contribution in [-0.2, 0) is 4.79 Å². The van der Waals surface area contributed by atoms with Crippen LogP contribution in [0.4, 0.5) is 5.69 Å². The number of imide groups is 1. The molecule has 0 atom stereocenters. The highest BCUT2D eigenvalue weighted by atomic mass is 16.5. The van der Waals surface area contributed by atoms with Gasteiger partial charge in [0.2, 0.25) is 0 Å². The van der Waals surface area contributed by atoms with Crippen molar-refractivity contribution < 1.29 is 23.9 Å². The zero-order valence-electron chi connectivity index (χ0n) is 13.3. The number of ether oxygens (including phenoxy) is 1. The van der Waals surface area contributed by atoms with Crippen molar-refractivity contribution >= 4 is 29.4 Å². The monoisotopic (exact) mass is 338 g/mol. The van der Waals surface area contributed by atoms with Crippen LogP contribution in [0.15, 0.2) is 42.5 Å². The van der Waals surface area contributed by atoms with Gasteiger partial charge in [-0.2, -0.15) is 0 Å². The number of nitrogens with one attached hydrogen (secondary N) is 2. The summed E-state index contributed by atoms with van der Waals surface area (Å²) in [6.07, 6.45) is 0.261. The average molecular weight is 338 g/mol. The van der Waals surface area contributed by atoms with Crippen molar-refractivity contribution in [1.29, 1.82) is 0 Å². The van der Waals surface area contributed by atoms with Crippen molar-refractivity contribution in [3.05, 3.63) is 59.2 Å². The van der Waals surface area contributed by atoms with Gasteiger partial charge in [0.15, 0.2) is 0 Å². The zero-order chi connectivity index (χ0) is 18.0. The number of carbonyl (C=O) groups is 4. The van der Waals surface area contributed by atoms with E-state index in [2.05, 4.69) is 10.6 Å². The van der Waals surface area contributed by atoms with Crippen LogP contribution >= 0.6 is 0 Å². The van der Waals surface area contributed by atoms with E-state index in [1.165, 1.54) is 36.4 Å². The number of hydrogen-bond acceptors (Lipinski definition) is 5. The summed E-state index contributed by atoms with van der Waals surface area (Å²) in [4.78, 5) is 46.6. The molecule has 126 valence electrons. The Hall–Kier alpha value is -3.48. The molecular formula is C18H14N2O5. The maximum atomic E-state index is 12.3. The van der Waals surface area contributed by atoms with Crippen molar-refractivity contribution in [3.8, 4) is 5.75 Å². The lowest BCUT2D eigenvalue weighted by Gasteiger charge is -2.07. The molecule has 2 aromatic rings. The number of rotatable bonds is 4. The van der Waals surface area contributed by atoms with Crippen molar-refractivity contribution in [1.82, 2.24) is 5.32 Å². The van der Waals surface area contributed by atoms with Crippen LogP contribution in [-0.4, -0.2) is 23.7 Å². The largest absolute Gasteiger partial charge is 0.427 e. The third kappa shape index (κ3) is 3.40. The number of esters is 1. The number of amides is 3. The minimum Gasteiger partial charge on any atom is -0.427 e. The van der Waals surface area contributed by atoms with E-state index in [1.54, 1.807) is 13.0 Å². The van der Waals surface area contributed by atoms with Gasteiger partial charge in [-0.25, -0.2) is 0 Å². The molecule has 3 amide bonds. The van der Waals surface area contributed by atoms with Gasteiger partial charge in [0, 0.05) is 17.7 Å². The second kappa shape index (κ2) is 6.56. The lowest BCUT2D eigenvalue weighted by Crippen LogP contribution is -2.19. The smallest absolute Gasteiger partial charge is 0.310 e. The SMILES string of the molecule is CCC(=O)Oc1ccc(C(=O)Nc2ccc3c(c2)C(=O)NC3=O)cc1.